The highest BCUT2D eigenvalue weighted by Crippen LogP contribution is 2.34. The van der Waals surface area contributed by atoms with Crippen LogP contribution in [0.3, 0.4) is 0 Å². The number of halogens is 1. The fourth-order valence-corrected chi connectivity index (χ4v) is 4.61. The summed E-state index contributed by atoms with van der Waals surface area (Å²) in [5, 5.41) is 12.8. The number of aliphatic hydroxyl groups is 1. The minimum absolute atomic E-state index is 0.114. The van der Waals surface area contributed by atoms with E-state index in [4.69, 9.17) is 14.2 Å². The Labute approximate surface area is 243 Å². The van der Waals surface area contributed by atoms with Crippen LogP contribution < -0.4 is 19.5 Å². The number of pyridine rings is 1. The molecular weight excluding hydrogens is 543 g/mol. The molecule has 0 fully saturated rings. The number of carbonyl (C=O) groups is 2. The number of rotatable bonds is 5. The van der Waals surface area contributed by atoms with Crippen molar-refractivity contribution >= 4 is 17.6 Å². The van der Waals surface area contributed by atoms with Crippen LogP contribution in [0.25, 0.3) is 0 Å². The number of carbonyl (C=O) groups excluding carboxylic acids is 2. The fraction of sp³-hybridized carbons (Fsp3) is 0.323. The predicted molar refractivity (Wildman–Crippen MR) is 152 cm³/mol. The first-order valence-corrected chi connectivity index (χ1v) is 13.5. The summed E-state index contributed by atoms with van der Waals surface area (Å²) in [4.78, 5) is 34.2. The monoisotopic (exact) mass is 574 g/mol. The van der Waals surface area contributed by atoms with Gasteiger partial charge in [-0.1, -0.05) is 18.8 Å². The number of likely N-dealkylation sites (N-methyl/N-ethyl adjacent to an activating group) is 1. The van der Waals surface area contributed by atoms with Crippen LogP contribution in [0.4, 0.5) is 14.9 Å². The number of amides is 3. The molecule has 2 aromatic carbocycles. The number of hydrogen-bond donors (Lipinski definition) is 2. The van der Waals surface area contributed by atoms with Crippen LogP contribution in [0.5, 0.6) is 17.4 Å². The van der Waals surface area contributed by atoms with Crippen molar-refractivity contribution < 1.29 is 33.3 Å². The van der Waals surface area contributed by atoms with Crippen molar-refractivity contribution in [1.82, 2.24) is 14.8 Å². The maximum atomic E-state index is 13.6. The summed E-state index contributed by atoms with van der Waals surface area (Å²) in [6.07, 6.45) is 0.975. The number of nitrogens with zero attached hydrogens (tertiary/aromatic N) is 3. The van der Waals surface area contributed by atoms with E-state index in [9.17, 15) is 19.1 Å². The van der Waals surface area contributed by atoms with Crippen LogP contribution in [0.2, 0.25) is 0 Å². The Morgan fingerprint density at radius 2 is 1.90 bits per heavy atom. The lowest BCUT2D eigenvalue weighted by atomic mass is 10.00. The SMILES string of the molecule is C[C@H](CO)N1C[C@H](C)[C@H](CN(C)C(=O)Nc2ccc3c(c2)OCO3)Oc2ncc(C#Cc3ccc(F)cc3)cc2C1=O. The van der Waals surface area contributed by atoms with Crippen LogP contribution in [0, 0.1) is 23.6 Å². The molecule has 0 aliphatic carbocycles. The van der Waals surface area contributed by atoms with Crippen LogP contribution >= 0.6 is 0 Å². The lowest BCUT2D eigenvalue weighted by molar-refractivity contribution is 0.0356. The maximum Gasteiger partial charge on any atom is 0.321 e. The molecule has 3 aromatic rings. The Bertz CT molecular complexity index is 1540. The molecule has 3 atom stereocenters. The quantitative estimate of drug-likeness (QED) is 0.447. The minimum Gasteiger partial charge on any atom is -0.472 e. The molecule has 0 saturated heterocycles. The van der Waals surface area contributed by atoms with Crippen molar-refractivity contribution in [3.05, 3.63) is 77.2 Å². The zero-order valence-corrected chi connectivity index (χ0v) is 23.5. The second-order valence-electron chi connectivity index (χ2n) is 10.3. The van der Waals surface area contributed by atoms with E-state index in [0.717, 1.165) is 0 Å². The van der Waals surface area contributed by atoms with E-state index in [1.807, 2.05) is 6.92 Å². The summed E-state index contributed by atoms with van der Waals surface area (Å²) in [5.74, 6) is 6.28. The molecule has 0 spiro atoms. The third kappa shape index (κ3) is 6.39. The van der Waals surface area contributed by atoms with Crippen LogP contribution in [0.15, 0.2) is 54.7 Å². The highest BCUT2D eigenvalue weighted by molar-refractivity contribution is 5.97. The maximum absolute atomic E-state index is 13.6. The lowest BCUT2D eigenvalue weighted by Gasteiger charge is -2.37. The number of anilines is 1. The van der Waals surface area contributed by atoms with E-state index in [2.05, 4.69) is 22.1 Å². The third-order valence-corrected chi connectivity index (χ3v) is 7.14. The Morgan fingerprint density at radius 1 is 1.17 bits per heavy atom. The molecule has 3 amide bonds. The Kier molecular flexibility index (Phi) is 8.45. The number of hydrogen-bond acceptors (Lipinski definition) is 7. The first-order valence-electron chi connectivity index (χ1n) is 13.5. The summed E-state index contributed by atoms with van der Waals surface area (Å²) < 4.78 is 30.2. The van der Waals surface area contributed by atoms with Gasteiger partial charge in [-0.15, -0.1) is 0 Å². The Balaban J connectivity index is 1.37. The van der Waals surface area contributed by atoms with E-state index >= 15 is 0 Å². The normalized spacial score (nSPS) is 18.0. The molecule has 42 heavy (non-hydrogen) atoms. The smallest absolute Gasteiger partial charge is 0.321 e. The Hall–Kier alpha value is -4.82. The topological polar surface area (TPSA) is 113 Å². The molecule has 0 saturated carbocycles. The molecule has 2 aliphatic rings. The van der Waals surface area contributed by atoms with E-state index in [0.29, 0.717) is 28.3 Å². The van der Waals surface area contributed by atoms with Gasteiger partial charge in [-0.25, -0.2) is 14.2 Å². The van der Waals surface area contributed by atoms with Crippen molar-refractivity contribution in [2.24, 2.45) is 5.92 Å². The van der Waals surface area contributed by atoms with Gasteiger partial charge < -0.3 is 34.4 Å². The highest BCUT2D eigenvalue weighted by atomic mass is 19.1. The highest BCUT2D eigenvalue weighted by Gasteiger charge is 2.34. The summed E-state index contributed by atoms with van der Waals surface area (Å²) in [7, 11) is 1.65. The first-order chi connectivity index (χ1) is 20.2. The summed E-state index contributed by atoms with van der Waals surface area (Å²) in [6, 6.07) is 11.7. The summed E-state index contributed by atoms with van der Waals surface area (Å²) >= 11 is 0. The Morgan fingerprint density at radius 3 is 2.67 bits per heavy atom. The lowest BCUT2D eigenvalue weighted by Crippen LogP contribution is -2.50. The summed E-state index contributed by atoms with van der Waals surface area (Å²) in [5.41, 5.74) is 1.83. The molecule has 218 valence electrons. The zero-order chi connectivity index (χ0) is 29.8. The van der Waals surface area contributed by atoms with Gasteiger partial charge in [-0.3, -0.25) is 4.79 Å². The number of urea groups is 1. The number of ether oxygens (including phenoxy) is 3. The molecule has 0 radical (unpaired) electrons. The molecule has 5 rings (SSSR count). The number of aromatic nitrogens is 1. The average Bonchev–Trinajstić information content (AvgIpc) is 3.46. The molecule has 0 bridgehead atoms. The van der Waals surface area contributed by atoms with E-state index < -0.39 is 12.1 Å². The van der Waals surface area contributed by atoms with Gasteiger partial charge in [-0.2, -0.15) is 0 Å². The second-order valence-corrected chi connectivity index (χ2v) is 10.3. The van der Waals surface area contributed by atoms with Crippen molar-refractivity contribution in [1.29, 1.82) is 0 Å². The van der Waals surface area contributed by atoms with Gasteiger partial charge in [0.1, 0.15) is 17.5 Å². The number of nitrogens with one attached hydrogen (secondary N) is 1. The summed E-state index contributed by atoms with van der Waals surface area (Å²) in [6.45, 7) is 4.07. The van der Waals surface area contributed by atoms with Gasteiger partial charge >= 0.3 is 6.03 Å². The van der Waals surface area contributed by atoms with Crippen LogP contribution in [-0.2, 0) is 0 Å². The second kappa shape index (κ2) is 12.4. The van der Waals surface area contributed by atoms with Gasteiger partial charge in [0.15, 0.2) is 11.5 Å². The predicted octanol–water partition coefficient (Wildman–Crippen LogP) is 3.73. The molecule has 11 heteroatoms. The van der Waals surface area contributed by atoms with Gasteiger partial charge in [0, 0.05) is 48.6 Å². The van der Waals surface area contributed by atoms with E-state index in [1.54, 1.807) is 55.3 Å². The molecule has 10 nitrogen and oxygen atoms in total. The average molecular weight is 575 g/mol. The number of benzene rings is 2. The zero-order valence-electron chi connectivity index (χ0n) is 23.5. The van der Waals surface area contributed by atoms with Gasteiger partial charge in [0.05, 0.1) is 19.2 Å². The molecule has 1 aromatic heterocycles. The molecule has 0 unspecified atom stereocenters. The molecular formula is C31H31FN4O6. The standard InChI is InChI=1S/C31H31FN4O6/c1-19-15-36(20(2)17-37)30(38)25-12-22(5-4-21-6-8-23(32)9-7-21)14-33-29(25)42-28(19)16-35(3)31(39)34-24-10-11-26-27(13-24)41-18-40-26/h6-14,19-20,28,37H,15-18H2,1-3H3,(H,34,39)/t19-,20+,28-/m0/s1. The van der Waals surface area contributed by atoms with Crippen molar-refractivity contribution in [3.8, 4) is 29.2 Å². The van der Waals surface area contributed by atoms with Gasteiger partial charge in [-0.05, 0) is 49.4 Å². The van der Waals surface area contributed by atoms with Crippen molar-refractivity contribution in [2.45, 2.75) is 26.0 Å². The minimum atomic E-state index is -0.526. The van der Waals surface area contributed by atoms with Gasteiger partial charge in [0.2, 0.25) is 12.7 Å². The molecule has 2 aliphatic heterocycles. The fourth-order valence-electron chi connectivity index (χ4n) is 4.61. The van der Waals surface area contributed by atoms with E-state index in [-0.39, 0.29) is 61.6 Å². The van der Waals surface area contributed by atoms with Crippen molar-refractivity contribution in [3.63, 3.8) is 0 Å². The third-order valence-electron chi connectivity index (χ3n) is 7.14. The van der Waals surface area contributed by atoms with Crippen LogP contribution in [-0.4, -0.2) is 77.5 Å². The molecule has 3 heterocycles. The molecule has 2 N–H and O–H groups in total. The van der Waals surface area contributed by atoms with Gasteiger partial charge in [0.25, 0.3) is 5.91 Å². The largest absolute Gasteiger partial charge is 0.472 e. The van der Waals surface area contributed by atoms with E-state index in [1.165, 1.54) is 23.2 Å². The number of aliphatic hydroxyl groups excluding tert-OH is 1. The first kappa shape index (κ1) is 28.7. The van der Waals surface area contributed by atoms with Crippen molar-refractivity contribution in [2.75, 3.05) is 38.9 Å². The van der Waals surface area contributed by atoms with Crippen LogP contribution in [0.1, 0.15) is 35.3 Å². The number of fused-ring (bicyclic) bond motifs is 2.